The molecule has 4 rings (SSSR count). The Balaban J connectivity index is 1.28. The lowest BCUT2D eigenvalue weighted by Gasteiger charge is -2.13. The quantitative estimate of drug-likeness (QED) is 0.549. The summed E-state index contributed by atoms with van der Waals surface area (Å²) in [5.74, 6) is -0.699. The third kappa shape index (κ3) is 4.75. The first-order valence-corrected chi connectivity index (χ1v) is 10.7. The number of nitrogens with zero attached hydrogens (tertiary/aromatic N) is 4. The number of amides is 3. The summed E-state index contributed by atoms with van der Waals surface area (Å²) in [5, 5.41) is 10.6. The van der Waals surface area contributed by atoms with Gasteiger partial charge in [0, 0.05) is 19.5 Å². The van der Waals surface area contributed by atoms with Crippen LogP contribution in [0, 0.1) is 0 Å². The van der Waals surface area contributed by atoms with Gasteiger partial charge in [0.05, 0.1) is 16.8 Å². The van der Waals surface area contributed by atoms with Crippen LogP contribution in [0.3, 0.4) is 0 Å². The molecule has 0 bridgehead atoms. The highest BCUT2D eigenvalue weighted by atomic mass is 32.2. The Morgan fingerprint density at radius 3 is 2.56 bits per heavy atom. The molecule has 1 saturated heterocycles. The highest BCUT2D eigenvalue weighted by Gasteiger charge is 2.34. The van der Waals surface area contributed by atoms with Crippen molar-refractivity contribution in [1.29, 1.82) is 0 Å². The van der Waals surface area contributed by atoms with Crippen LogP contribution in [0.25, 0.3) is 17.0 Å². The maximum atomic E-state index is 12.5. The van der Waals surface area contributed by atoms with Crippen LogP contribution >= 0.6 is 11.8 Å². The third-order valence-electron chi connectivity index (χ3n) is 4.81. The largest absolute Gasteiger partial charge is 0.354 e. The molecule has 0 spiro atoms. The number of aromatic nitrogens is 3. The van der Waals surface area contributed by atoms with Crippen molar-refractivity contribution >= 4 is 45.8 Å². The zero-order valence-corrected chi connectivity index (χ0v) is 17.7. The summed E-state index contributed by atoms with van der Waals surface area (Å²) in [4.78, 5) is 50.7. The van der Waals surface area contributed by atoms with Gasteiger partial charge in [-0.1, -0.05) is 47.7 Å². The molecular weight excluding hydrogens is 430 g/mol. The van der Waals surface area contributed by atoms with Crippen molar-refractivity contribution < 1.29 is 14.4 Å². The Bertz CT molecular complexity index is 1270. The second kappa shape index (κ2) is 9.56. The van der Waals surface area contributed by atoms with Gasteiger partial charge in [-0.15, -0.1) is 5.10 Å². The highest BCUT2D eigenvalue weighted by Crippen LogP contribution is 2.31. The van der Waals surface area contributed by atoms with E-state index in [0.717, 1.165) is 26.9 Å². The molecule has 162 valence electrons. The Hall–Kier alpha value is -3.79. The number of imide groups is 1. The van der Waals surface area contributed by atoms with Gasteiger partial charge in [-0.05, 0) is 35.5 Å². The number of aryl methyl sites for hydroxylation is 1. The Morgan fingerprint density at radius 2 is 1.75 bits per heavy atom. The second-order valence-electron chi connectivity index (χ2n) is 6.98. The van der Waals surface area contributed by atoms with Gasteiger partial charge in [0.25, 0.3) is 16.7 Å². The molecule has 1 fully saturated rings. The normalized spacial score (nSPS) is 15.0. The standard InChI is InChI=1S/C22H19N5O4S/c28-19(10-12-27-20(29)16-8-4-5-9-17(16)24-25-27)23-11-13-26-21(30)18(32-22(26)31)14-15-6-2-1-3-7-15/h1-9,14H,10-13H2,(H,23,28)/b18-14-. The first-order chi connectivity index (χ1) is 15.5. The molecule has 1 aliphatic heterocycles. The van der Waals surface area contributed by atoms with E-state index in [-0.39, 0.29) is 48.7 Å². The SMILES string of the molecule is O=C(CCn1nnc2ccccc2c1=O)NCCN1C(=O)S/C(=C\c2ccccc2)C1=O. The number of benzene rings is 2. The van der Waals surface area contributed by atoms with Gasteiger partial charge in [0.1, 0.15) is 5.52 Å². The molecule has 0 atom stereocenters. The van der Waals surface area contributed by atoms with E-state index in [0.29, 0.717) is 15.8 Å². The predicted octanol–water partition coefficient (Wildman–Crippen LogP) is 2.03. The van der Waals surface area contributed by atoms with E-state index in [4.69, 9.17) is 0 Å². The number of carbonyl (C=O) groups is 3. The number of carbonyl (C=O) groups excluding carboxylic acids is 3. The molecule has 0 saturated carbocycles. The van der Waals surface area contributed by atoms with Crippen molar-refractivity contribution in [2.24, 2.45) is 0 Å². The lowest BCUT2D eigenvalue weighted by molar-refractivity contribution is -0.124. The molecule has 0 aliphatic carbocycles. The van der Waals surface area contributed by atoms with Crippen molar-refractivity contribution in [2.75, 3.05) is 13.1 Å². The van der Waals surface area contributed by atoms with Crippen LogP contribution in [-0.4, -0.2) is 50.0 Å². The number of thioether (sulfide) groups is 1. The molecule has 9 nitrogen and oxygen atoms in total. The van der Waals surface area contributed by atoms with Crippen LogP contribution < -0.4 is 10.9 Å². The molecule has 3 aromatic rings. The second-order valence-corrected chi connectivity index (χ2v) is 7.97. The summed E-state index contributed by atoms with van der Waals surface area (Å²) in [6.07, 6.45) is 1.69. The molecular formula is C22H19N5O4S. The number of nitrogens with one attached hydrogen (secondary N) is 1. The average Bonchev–Trinajstić information content (AvgIpc) is 3.07. The number of rotatable bonds is 7. The summed E-state index contributed by atoms with van der Waals surface area (Å²) in [6.45, 7) is 0.260. The number of hydrogen-bond acceptors (Lipinski definition) is 7. The van der Waals surface area contributed by atoms with Gasteiger partial charge in [-0.2, -0.15) is 0 Å². The van der Waals surface area contributed by atoms with E-state index in [1.807, 2.05) is 30.3 Å². The molecule has 1 N–H and O–H groups in total. The first-order valence-electron chi connectivity index (χ1n) is 9.92. The summed E-state index contributed by atoms with van der Waals surface area (Å²) < 4.78 is 1.15. The van der Waals surface area contributed by atoms with E-state index in [1.165, 1.54) is 0 Å². The maximum Gasteiger partial charge on any atom is 0.293 e. The van der Waals surface area contributed by atoms with Gasteiger partial charge in [0.2, 0.25) is 5.91 Å². The van der Waals surface area contributed by atoms with E-state index < -0.39 is 0 Å². The lowest BCUT2D eigenvalue weighted by Crippen LogP contribution is -2.37. The van der Waals surface area contributed by atoms with E-state index in [9.17, 15) is 19.2 Å². The Labute approximate surface area is 187 Å². The smallest absolute Gasteiger partial charge is 0.293 e. The first kappa shape index (κ1) is 21.4. The zero-order valence-electron chi connectivity index (χ0n) is 16.9. The fourth-order valence-electron chi connectivity index (χ4n) is 3.17. The van der Waals surface area contributed by atoms with Crippen molar-refractivity contribution in [3.8, 4) is 0 Å². The highest BCUT2D eigenvalue weighted by molar-refractivity contribution is 8.18. The fourth-order valence-corrected chi connectivity index (χ4v) is 4.03. The Kier molecular flexibility index (Phi) is 6.41. The van der Waals surface area contributed by atoms with Crippen LogP contribution in [0.15, 0.2) is 64.3 Å². The molecule has 0 radical (unpaired) electrons. The molecule has 2 heterocycles. The van der Waals surface area contributed by atoms with Gasteiger partial charge in [-0.25, -0.2) is 4.68 Å². The van der Waals surface area contributed by atoms with Crippen LogP contribution in [0.1, 0.15) is 12.0 Å². The van der Waals surface area contributed by atoms with Gasteiger partial charge < -0.3 is 5.32 Å². The van der Waals surface area contributed by atoms with Crippen LogP contribution in [0.4, 0.5) is 4.79 Å². The molecule has 32 heavy (non-hydrogen) atoms. The molecule has 3 amide bonds. The third-order valence-corrected chi connectivity index (χ3v) is 5.72. The molecule has 2 aromatic carbocycles. The molecule has 0 unspecified atom stereocenters. The van der Waals surface area contributed by atoms with Crippen molar-refractivity contribution in [3.63, 3.8) is 0 Å². The lowest BCUT2D eigenvalue weighted by atomic mass is 10.2. The minimum Gasteiger partial charge on any atom is -0.354 e. The predicted molar refractivity (Wildman–Crippen MR) is 121 cm³/mol. The monoisotopic (exact) mass is 449 g/mol. The summed E-state index contributed by atoms with van der Waals surface area (Å²) in [6, 6.07) is 16.1. The van der Waals surface area contributed by atoms with Crippen molar-refractivity contribution in [1.82, 2.24) is 25.2 Å². The minimum absolute atomic E-state index is 0.0166. The summed E-state index contributed by atoms with van der Waals surface area (Å²) in [5.41, 5.74) is 1.02. The van der Waals surface area contributed by atoms with Crippen LogP contribution in [0.5, 0.6) is 0 Å². The number of fused-ring (bicyclic) bond motifs is 1. The minimum atomic E-state index is -0.379. The molecule has 10 heteroatoms. The van der Waals surface area contributed by atoms with Crippen LogP contribution in [-0.2, 0) is 16.1 Å². The van der Waals surface area contributed by atoms with Gasteiger partial charge in [0.15, 0.2) is 0 Å². The Morgan fingerprint density at radius 1 is 1.00 bits per heavy atom. The van der Waals surface area contributed by atoms with E-state index in [2.05, 4.69) is 15.6 Å². The molecule has 1 aromatic heterocycles. The zero-order chi connectivity index (χ0) is 22.5. The van der Waals surface area contributed by atoms with Crippen molar-refractivity contribution in [2.45, 2.75) is 13.0 Å². The van der Waals surface area contributed by atoms with Gasteiger partial charge in [-0.3, -0.25) is 24.1 Å². The van der Waals surface area contributed by atoms with E-state index >= 15 is 0 Å². The van der Waals surface area contributed by atoms with Gasteiger partial charge >= 0.3 is 0 Å². The van der Waals surface area contributed by atoms with Crippen LogP contribution in [0.2, 0.25) is 0 Å². The number of hydrogen-bond donors (Lipinski definition) is 1. The summed E-state index contributed by atoms with van der Waals surface area (Å²) >= 11 is 0.878. The molecule has 1 aliphatic rings. The van der Waals surface area contributed by atoms with Crippen molar-refractivity contribution in [3.05, 3.63) is 75.4 Å². The average molecular weight is 449 g/mol. The summed E-state index contributed by atoms with van der Waals surface area (Å²) in [7, 11) is 0. The van der Waals surface area contributed by atoms with E-state index in [1.54, 1.807) is 30.3 Å². The maximum absolute atomic E-state index is 12.5. The fraction of sp³-hybridized carbons (Fsp3) is 0.182. The topological polar surface area (TPSA) is 114 Å².